The first-order chi connectivity index (χ1) is 12.9. The summed E-state index contributed by atoms with van der Waals surface area (Å²) in [4.78, 5) is 17.5. The van der Waals surface area contributed by atoms with Gasteiger partial charge in [-0.15, -0.1) is 0 Å². The quantitative estimate of drug-likeness (QED) is 0.734. The van der Waals surface area contributed by atoms with Crippen LogP contribution in [0.3, 0.4) is 0 Å². The summed E-state index contributed by atoms with van der Waals surface area (Å²) in [5, 5.41) is 0.738. The van der Waals surface area contributed by atoms with E-state index in [1.54, 1.807) is 12.1 Å². The zero-order chi connectivity index (χ0) is 19.6. The lowest BCUT2D eigenvalue weighted by molar-refractivity contribution is 0.0268. The Morgan fingerprint density at radius 2 is 1.63 bits per heavy atom. The fourth-order valence-corrected chi connectivity index (χ4v) is 4.18. The molecule has 0 saturated carbocycles. The molecule has 1 saturated heterocycles. The molecular weight excluding hydrogens is 383 g/mol. The average molecular weight is 407 g/mol. The van der Waals surface area contributed by atoms with Crippen molar-refractivity contribution in [3.8, 4) is 5.75 Å². The molecule has 0 N–H and O–H groups in total. The predicted octanol–water partition coefficient (Wildman–Crippen LogP) is 4.74. The van der Waals surface area contributed by atoms with Gasteiger partial charge in [-0.25, -0.2) is 0 Å². The summed E-state index contributed by atoms with van der Waals surface area (Å²) in [5.74, 6) is 0.193. The summed E-state index contributed by atoms with van der Waals surface area (Å²) in [5.41, 5.74) is 1.61. The second-order valence-electron chi connectivity index (χ2n) is 7.00. The molecule has 3 rings (SSSR count). The monoisotopic (exact) mass is 406 g/mol. The zero-order valence-electron chi connectivity index (χ0n) is 15.8. The van der Waals surface area contributed by atoms with Gasteiger partial charge in [0.1, 0.15) is 5.56 Å². The lowest BCUT2D eigenvalue weighted by Gasteiger charge is -2.44. The largest absolute Gasteiger partial charge is 0.494 e. The molecule has 4 nitrogen and oxygen atoms in total. The van der Waals surface area contributed by atoms with Crippen LogP contribution in [0.15, 0.2) is 42.5 Å². The van der Waals surface area contributed by atoms with E-state index in [1.807, 2.05) is 11.0 Å². The van der Waals surface area contributed by atoms with Crippen molar-refractivity contribution in [3.05, 3.63) is 63.6 Å². The number of rotatable bonds is 4. The molecule has 1 amide bonds. The SMILES string of the molecule is COc1c(Cl)ccc(Cl)c1C(=O)N1CC(C)N(Cc2ccccc2)C(C)C1. The van der Waals surface area contributed by atoms with Crippen molar-refractivity contribution in [2.24, 2.45) is 0 Å². The van der Waals surface area contributed by atoms with Crippen LogP contribution in [0.5, 0.6) is 5.75 Å². The first-order valence-electron chi connectivity index (χ1n) is 9.03. The molecule has 27 heavy (non-hydrogen) atoms. The van der Waals surface area contributed by atoms with Crippen LogP contribution in [0.1, 0.15) is 29.8 Å². The number of nitrogens with zero attached hydrogens (tertiary/aromatic N) is 2. The second-order valence-corrected chi connectivity index (χ2v) is 7.82. The minimum atomic E-state index is -0.141. The number of ether oxygens (including phenoxy) is 1. The molecule has 0 radical (unpaired) electrons. The van der Waals surface area contributed by atoms with Crippen molar-refractivity contribution in [3.63, 3.8) is 0 Å². The van der Waals surface area contributed by atoms with E-state index >= 15 is 0 Å². The van der Waals surface area contributed by atoms with Crippen LogP contribution >= 0.6 is 23.2 Å². The van der Waals surface area contributed by atoms with Gasteiger partial charge in [-0.05, 0) is 31.5 Å². The Bertz CT molecular complexity index is 801. The number of hydrogen-bond acceptors (Lipinski definition) is 3. The molecular formula is C21H24Cl2N2O2. The predicted molar refractivity (Wildman–Crippen MR) is 110 cm³/mol. The fraction of sp³-hybridized carbons (Fsp3) is 0.381. The van der Waals surface area contributed by atoms with Gasteiger partial charge in [-0.2, -0.15) is 0 Å². The van der Waals surface area contributed by atoms with Crippen LogP contribution in [-0.2, 0) is 6.54 Å². The summed E-state index contributed by atoms with van der Waals surface area (Å²) >= 11 is 12.5. The van der Waals surface area contributed by atoms with Gasteiger partial charge in [0.05, 0.1) is 17.2 Å². The summed E-state index contributed by atoms with van der Waals surface area (Å²) < 4.78 is 5.35. The summed E-state index contributed by atoms with van der Waals surface area (Å²) in [6.45, 7) is 6.42. The van der Waals surface area contributed by atoms with E-state index in [9.17, 15) is 4.79 Å². The van der Waals surface area contributed by atoms with Crippen LogP contribution in [0, 0.1) is 0 Å². The van der Waals surface area contributed by atoms with Crippen molar-refractivity contribution in [2.45, 2.75) is 32.5 Å². The lowest BCUT2D eigenvalue weighted by Crippen LogP contribution is -2.57. The lowest BCUT2D eigenvalue weighted by atomic mass is 10.0. The maximum atomic E-state index is 13.2. The highest BCUT2D eigenvalue weighted by atomic mass is 35.5. The van der Waals surface area contributed by atoms with E-state index in [1.165, 1.54) is 12.7 Å². The molecule has 1 heterocycles. The van der Waals surface area contributed by atoms with Crippen molar-refractivity contribution in [1.29, 1.82) is 0 Å². The van der Waals surface area contributed by atoms with Crippen molar-refractivity contribution in [2.75, 3.05) is 20.2 Å². The summed E-state index contributed by atoms with van der Waals surface area (Å²) in [6, 6.07) is 14.1. The van der Waals surface area contributed by atoms with E-state index in [2.05, 4.69) is 43.0 Å². The van der Waals surface area contributed by atoms with Gasteiger partial charge in [0.15, 0.2) is 5.75 Å². The molecule has 2 aromatic carbocycles. The number of benzene rings is 2. The Kier molecular flexibility index (Phi) is 6.30. The van der Waals surface area contributed by atoms with E-state index in [4.69, 9.17) is 27.9 Å². The molecule has 0 aromatic heterocycles. The molecule has 1 fully saturated rings. The molecule has 1 aliphatic rings. The third-order valence-corrected chi connectivity index (χ3v) is 5.69. The van der Waals surface area contributed by atoms with E-state index in [-0.39, 0.29) is 18.0 Å². The molecule has 0 aliphatic carbocycles. The smallest absolute Gasteiger partial charge is 0.259 e. The molecule has 144 valence electrons. The minimum absolute atomic E-state index is 0.141. The molecule has 2 aromatic rings. The minimum Gasteiger partial charge on any atom is -0.494 e. The van der Waals surface area contributed by atoms with Crippen LogP contribution in [0.25, 0.3) is 0 Å². The number of carbonyl (C=O) groups excluding carboxylic acids is 1. The highest BCUT2D eigenvalue weighted by molar-refractivity contribution is 6.37. The van der Waals surface area contributed by atoms with Gasteiger partial charge < -0.3 is 9.64 Å². The third-order valence-electron chi connectivity index (χ3n) is 5.07. The Labute approximate surface area is 170 Å². The summed E-state index contributed by atoms with van der Waals surface area (Å²) in [7, 11) is 1.50. The van der Waals surface area contributed by atoms with Crippen molar-refractivity contribution < 1.29 is 9.53 Å². The Hall–Kier alpha value is -1.75. The molecule has 0 bridgehead atoms. The molecule has 0 spiro atoms. The average Bonchev–Trinajstić information content (AvgIpc) is 2.66. The first kappa shape index (κ1) is 20.0. The van der Waals surface area contributed by atoms with Crippen LogP contribution in [0.4, 0.5) is 0 Å². The molecule has 1 aliphatic heterocycles. The number of amides is 1. The van der Waals surface area contributed by atoms with Gasteiger partial charge in [0.2, 0.25) is 0 Å². The van der Waals surface area contributed by atoms with Crippen LogP contribution < -0.4 is 4.74 Å². The topological polar surface area (TPSA) is 32.8 Å². The van der Waals surface area contributed by atoms with Crippen LogP contribution in [0.2, 0.25) is 10.0 Å². The fourth-order valence-electron chi connectivity index (χ4n) is 3.72. The molecule has 6 heteroatoms. The Balaban J connectivity index is 1.79. The Morgan fingerprint density at radius 3 is 2.22 bits per heavy atom. The number of hydrogen-bond donors (Lipinski definition) is 0. The third kappa shape index (κ3) is 4.23. The normalized spacial score (nSPS) is 20.6. The van der Waals surface area contributed by atoms with E-state index in [0.717, 1.165) is 6.54 Å². The maximum Gasteiger partial charge on any atom is 0.259 e. The first-order valence-corrected chi connectivity index (χ1v) is 9.79. The Morgan fingerprint density at radius 1 is 1.04 bits per heavy atom. The van der Waals surface area contributed by atoms with Crippen LogP contribution in [-0.4, -0.2) is 48.0 Å². The maximum absolute atomic E-state index is 13.2. The number of piperazine rings is 1. The number of carbonyl (C=O) groups is 1. The van der Waals surface area contributed by atoms with Gasteiger partial charge in [0, 0.05) is 31.7 Å². The summed E-state index contributed by atoms with van der Waals surface area (Å²) in [6.07, 6.45) is 0. The number of methoxy groups -OCH3 is 1. The van der Waals surface area contributed by atoms with Crippen molar-refractivity contribution in [1.82, 2.24) is 9.80 Å². The highest BCUT2D eigenvalue weighted by Crippen LogP contribution is 2.35. The van der Waals surface area contributed by atoms with Gasteiger partial charge >= 0.3 is 0 Å². The standard InChI is InChI=1S/C21H24Cl2N2O2/c1-14-11-24(12-15(2)25(14)13-16-7-5-4-6-8-16)21(26)19-17(22)9-10-18(23)20(19)27-3/h4-10,14-15H,11-13H2,1-3H3. The highest BCUT2D eigenvalue weighted by Gasteiger charge is 2.34. The van der Waals surface area contributed by atoms with E-state index < -0.39 is 0 Å². The van der Waals surface area contributed by atoms with Crippen molar-refractivity contribution >= 4 is 29.1 Å². The molecule has 2 unspecified atom stereocenters. The van der Waals surface area contributed by atoms with Gasteiger partial charge in [-0.3, -0.25) is 9.69 Å². The second kappa shape index (κ2) is 8.51. The molecule has 2 atom stereocenters. The number of halogens is 2. The van der Waals surface area contributed by atoms with Gasteiger partial charge in [-0.1, -0.05) is 53.5 Å². The zero-order valence-corrected chi connectivity index (χ0v) is 17.3. The van der Waals surface area contributed by atoms with E-state index in [0.29, 0.717) is 34.4 Å². The van der Waals surface area contributed by atoms with Gasteiger partial charge in [0.25, 0.3) is 5.91 Å².